The molecule has 4 aromatic rings. The Morgan fingerprint density at radius 3 is 2.80 bits per heavy atom. The zero-order valence-corrected chi connectivity index (χ0v) is 13.9. The Bertz CT molecular complexity index is 925. The number of hydrogen-bond donors (Lipinski definition) is 0. The van der Waals surface area contributed by atoms with E-state index in [0.717, 1.165) is 29.7 Å². The molecular weight excluding hydrogens is 404 g/mol. The van der Waals surface area contributed by atoms with Crippen LogP contribution in [0.2, 0.25) is 0 Å². The molecule has 4 rings (SSSR count). The average molecular weight is 410 g/mol. The average Bonchev–Trinajstić information content (AvgIpc) is 3.03. The lowest BCUT2D eigenvalue weighted by molar-refractivity contribution is 0.939. The van der Waals surface area contributed by atoms with Gasteiger partial charge in [-0.2, -0.15) is 0 Å². The molecule has 98 valence electrons. The van der Waals surface area contributed by atoms with Gasteiger partial charge in [-0.1, -0.05) is 12.1 Å². The summed E-state index contributed by atoms with van der Waals surface area (Å²) in [6.45, 7) is 0. The van der Waals surface area contributed by atoms with Crippen molar-refractivity contribution in [2.75, 3.05) is 0 Å². The fourth-order valence-electron chi connectivity index (χ4n) is 2.04. The maximum absolute atomic E-state index is 4.65. The van der Waals surface area contributed by atoms with Gasteiger partial charge in [0.25, 0.3) is 0 Å². The number of para-hydroxylation sites is 1. The molecule has 0 radical (unpaired) electrons. The standard InChI is InChI=1S/C13H6Br2N4S/c14-8-5-10(20-11(8)15)12-17-13-7-3-1-2-4-9(7)16-6-19(13)18-12/h1-6H. The molecule has 3 heterocycles. The Labute approximate surface area is 134 Å². The van der Waals surface area contributed by atoms with Crippen LogP contribution < -0.4 is 0 Å². The van der Waals surface area contributed by atoms with E-state index in [1.165, 1.54) is 0 Å². The van der Waals surface area contributed by atoms with E-state index in [0.29, 0.717) is 5.82 Å². The lowest BCUT2D eigenvalue weighted by Crippen LogP contribution is -1.90. The number of nitrogens with zero attached hydrogens (tertiary/aromatic N) is 4. The van der Waals surface area contributed by atoms with E-state index in [4.69, 9.17) is 0 Å². The summed E-state index contributed by atoms with van der Waals surface area (Å²) in [5, 5.41) is 5.50. The minimum Gasteiger partial charge on any atom is -0.236 e. The molecule has 0 amide bonds. The van der Waals surface area contributed by atoms with Crippen LogP contribution in [0.4, 0.5) is 0 Å². The zero-order valence-electron chi connectivity index (χ0n) is 9.92. The molecule has 7 heteroatoms. The van der Waals surface area contributed by atoms with Gasteiger partial charge in [-0.25, -0.2) is 14.5 Å². The molecule has 1 aromatic carbocycles. The molecule has 0 unspecified atom stereocenters. The molecule has 0 aliphatic heterocycles. The van der Waals surface area contributed by atoms with E-state index in [-0.39, 0.29) is 0 Å². The van der Waals surface area contributed by atoms with Crippen molar-refractivity contribution >= 4 is 59.7 Å². The normalized spacial score (nSPS) is 11.5. The second-order valence-electron chi connectivity index (χ2n) is 4.20. The molecule has 0 atom stereocenters. The molecule has 0 saturated carbocycles. The molecule has 0 bridgehead atoms. The third kappa shape index (κ3) is 1.88. The van der Waals surface area contributed by atoms with Gasteiger partial charge in [0.15, 0.2) is 11.5 Å². The molecular formula is C13H6Br2N4S. The number of benzene rings is 1. The first kappa shape index (κ1) is 12.4. The van der Waals surface area contributed by atoms with Gasteiger partial charge in [-0.3, -0.25) is 0 Å². The van der Waals surface area contributed by atoms with E-state index in [1.54, 1.807) is 22.2 Å². The van der Waals surface area contributed by atoms with Crippen molar-refractivity contribution in [1.82, 2.24) is 19.6 Å². The topological polar surface area (TPSA) is 43.1 Å². The van der Waals surface area contributed by atoms with Gasteiger partial charge < -0.3 is 0 Å². The third-order valence-electron chi connectivity index (χ3n) is 2.95. The van der Waals surface area contributed by atoms with Crippen molar-refractivity contribution in [3.63, 3.8) is 0 Å². The van der Waals surface area contributed by atoms with Crippen LogP contribution in [0.15, 0.2) is 44.9 Å². The monoisotopic (exact) mass is 408 g/mol. The van der Waals surface area contributed by atoms with Crippen LogP contribution in [0.1, 0.15) is 0 Å². The summed E-state index contributed by atoms with van der Waals surface area (Å²) in [7, 11) is 0. The highest BCUT2D eigenvalue weighted by Gasteiger charge is 2.13. The van der Waals surface area contributed by atoms with Crippen LogP contribution in [-0.4, -0.2) is 19.6 Å². The molecule has 0 fully saturated rings. The van der Waals surface area contributed by atoms with Crippen LogP contribution in [0.5, 0.6) is 0 Å². The Hall–Kier alpha value is -1.31. The minimum atomic E-state index is 0.708. The van der Waals surface area contributed by atoms with Crippen LogP contribution in [0.25, 0.3) is 27.3 Å². The summed E-state index contributed by atoms with van der Waals surface area (Å²) in [6, 6.07) is 9.95. The summed E-state index contributed by atoms with van der Waals surface area (Å²) >= 11 is 8.58. The molecule has 0 aliphatic rings. The summed E-state index contributed by atoms with van der Waals surface area (Å²) in [5.41, 5.74) is 1.75. The lowest BCUT2D eigenvalue weighted by Gasteiger charge is -1.96. The molecule has 0 spiro atoms. The van der Waals surface area contributed by atoms with Crippen LogP contribution in [0.3, 0.4) is 0 Å². The van der Waals surface area contributed by atoms with Gasteiger partial charge >= 0.3 is 0 Å². The summed E-state index contributed by atoms with van der Waals surface area (Å²) in [6.07, 6.45) is 1.70. The van der Waals surface area contributed by atoms with Crippen molar-refractivity contribution in [3.8, 4) is 10.7 Å². The highest BCUT2D eigenvalue weighted by molar-refractivity contribution is 9.13. The van der Waals surface area contributed by atoms with Gasteiger partial charge in [0.1, 0.15) is 6.33 Å². The van der Waals surface area contributed by atoms with Crippen LogP contribution in [0, 0.1) is 0 Å². The molecule has 4 nitrogen and oxygen atoms in total. The predicted octanol–water partition coefficient (Wildman–Crippen LogP) is 4.53. The lowest BCUT2D eigenvalue weighted by atomic mass is 10.2. The summed E-state index contributed by atoms with van der Waals surface area (Å²) in [4.78, 5) is 10.0. The number of thiophene rings is 1. The van der Waals surface area contributed by atoms with E-state index in [9.17, 15) is 0 Å². The van der Waals surface area contributed by atoms with Crippen molar-refractivity contribution in [3.05, 3.63) is 44.9 Å². The van der Waals surface area contributed by atoms with Crippen molar-refractivity contribution in [1.29, 1.82) is 0 Å². The van der Waals surface area contributed by atoms with Crippen molar-refractivity contribution in [2.24, 2.45) is 0 Å². The number of fused-ring (bicyclic) bond motifs is 3. The number of halogens is 2. The summed E-state index contributed by atoms with van der Waals surface area (Å²) in [5.74, 6) is 0.708. The molecule has 0 N–H and O–H groups in total. The van der Waals surface area contributed by atoms with Crippen LogP contribution in [-0.2, 0) is 0 Å². The first-order chi connectivity index (χ1) is 9.72. The molecule has 0 aliphatic carbocycles. The van der Waals surface area contributed by atoms with Gasteiger partial charge in [-0.05, 0) is 50.1 Å². The molecule has 0 saturated heterocycles. The van der Waals surface area contributed by atoms with E-state index >= 15 is 0 Å². The number of aromatic nitrogens is 4. The Balaban J connectivity index is 2.00. The van der Waals surface area contributed by atoms with E-state index in [2.05, 4.69) is 46.9 Å². The van der Waals surface area contributed by atoms with E-state index < -0.39 is 0 Å². The third-order valence-corrected chi connectivity index (χ3v) is 6.20. The van der Waals surface area contributed by atoms with Gasteiger partial charge in [0, 0.05) is 9.86 Å². The minimum absolute atomic E-state index is 0.708. The Kier molecular flexibility index (Phi) is 2.87. The zero-order chi connectivity index (χ0) is 13.7. The van der Waals surface area contributed by atoms with Crippen LogP contribution >= 0.6 is 43.2 Å². The predicted molar refractivity (Wildman–Crippen MR) is 87.0 cm³/mol. The SMILES string of the molecule is Brc1cc(-c2nc3c4ccccc4ncn3n2)sc1Br. The van der Waals surface area contributed by atoms with Crippen molar-refractivity contribution < 1.29 is 0 Å². The van der Waals surface area contributed by atoms with Gasteiger partial charge in [-0.15, -0.1) is 16.4 Å². The maximum Gasteiger partial charge on any atom is 0.192 e. The number of hydrogen-bond acceptors (Lipinski definition) is 4. The highest BCUT2D eigenvalue weighted by Crippen LogP contribution is 2.37. The Morgan fingerprint density at radius 1 is 1.15 bits per heavy atom. The largest absolute Gasteiger partial charge is 0.236 e. The van der Waals surface area contributed by atoms with Gasteiger partial charge in [0.05, 0.1) is 14.2 Å². The number of rotatable bonds is 1. The van der Waals surface area contributed by atoms with Crippen molar-refractivity contribution in [2.45, 2.75) is 0 Å². The first-order valence-electron chi connectivity index (χ1n) is 5.78. The maximum atomic E-state index is 4.65. The summed E-state index contributed by atoms with van der Waals surface area (Å²) < 4.78 is 3.77. The fourth-order valence-corrected chi connectivity index (χ4v) is 4.01. The fraction of sp³-hybridized carbons (Fsp3) is 0. The molecule has 3 aromatic heterocycles. The van der Waals surface area contributed by atoms with E-state index in [1.807, 2.05) is 30.3 Å². The molecule has 20 heavy (non-hydrogen) atoms. The highest BCUT2D eigenvalue weighted by atomic mass is 79.9. The second kappa shape index (κ2) is 4.61. The van der Waals surface area contributed by atoms with Gasteiger partial charge in [0.2, 0.25) is 0 Å². The second-order valence-corrected chi connectivity index (χ2v) is 7.42. The Morgan fingerprint density at radius 2 is 2.00 bits per heavy atom. The smallest absolute Gasteiger partial charge is 0.192 e. The quantitative estimate of drug-likeness (QED) is 0.463. The first-order valence-corrected chi connectivity index (χ1v) is 8.18.